The molecule has 0 aromatic heterocycles. The Kier molecular flexibility index (Phi) is 13.9. The summed E-state index contributed by atoms with van der Waals surface area (Å²) in [6, 6.07) is 14.1. The van der Waals surface area contributed by atoms with Crippen molar-refractivity contribution in [3.63, 3.8) is 0 Å². The summed E-state index contributed by atoms with van der Waals surface area (Å²) in [6.07, 6.45) is 0.878. The van der Waals surface area contributed by atoms with E-state index in [2.05, 4.69) is 30.2 Å². The van der Waals surface area contributed by atoms with E-state index < -0.39 is 6.17 Å². The first kappa shape index (κ1) is 32.5. The molecule has 4 N–H and O–H groups in total. The number of ether oxygens (including phenoxy) is 1. The molecule has 0 bridgehead atoms. The zero-order valence-corrected chi connectivity index (χ0v) is 24.1. The highest BCUT2D eigenvalue weighted by Crippen LogP contribution is 2.22. The molecule has 1 heterocycles. The second kappa shape index (κ2) is 17.1. The Morgan fingerprint density at radius 1 is 1.12 bits per heavy atom. The SMILES string of the molecule is CCC.CCN(CC(=O)N(c1ccc(O)cc1)C(N)CN(Cc1cccc(N2CCOCC2)c1)C(C)=O)NC=O. The molecule has 220 valence electrons. The minimum atomic E-state index is -0.877. The zero-order valence-electron chi connectivity index (χ0n) is 24.1. The lowest BCUT2D eigenvalue weighted by Crippen LogP contribution is -2.56. The van der Waals surface area contributed by atoms with E-state index in [1.807, 2.05) is 18.2 Å². The molecule has 1 unspecified atom stereocenters. The summed E-state index contributed by atoms with van der Waals surface area (Å²) in [5.74, 6) is -0.497. The van der Waals surface area contributed by atoms with Gasteiger partial charge in [0.05, 0.1) is 26.3 Å². The molecule has 11 nitrogen and oxygen atoms in total. The molecule has 3 rings (SSSR count). The van der Waals surface area contributed by atoms with Gasteiger partial charge in [-0.1, -0.05) is 39.3 Å². The molecule has 1 atom stereocenters. The van der Waals surface area contributed by atoms with Gasteiger partial charge < -0.3 is 25.4 Å². The number of likely N-dealkylation sites (N-methyl/N-ethyl adjacent to an activating group) is 1. The summed E-state index contributed by atoms with van der Waals surface area (Å²) in [4.78, 5) is 42.0. The lowest BCUT2D eigenvalue weighted by Gasteiger charge is -2.34. The first-order chi connectivity index (χ1) is 19.2. The molecular weight excluding hydrogens is 512 g/mol. The number of nitrogens with zero attached hydrogens (tertiary/aromatic N) is 4. The summed E-state index contributed by atoms with van der Waals surface area (Å²) >= 11 is 0. The molecule has 0 spiro atoms. The van der Waals surface area contributed by atoms with Gasteiger partial charge in [0.15, 0.2) is 0 Å². The molecule has 2 aromatic carbocycles. The Balaban J connectivity index is 0.00000178. The summed E-state index contributed by atoms with van der Waals surface area (Å²) in [5.41, 5.74) is 11.5. The van der Waals surface area contributed by atoms with Crippen LogP contribution in [0.2, 0.25) is 0 Å². The van der Waals surface area contributed by atoms with E-state index in [1.54, 1.807) is 24.0 Å². The van der Waals surface area contributed by atoms with Crippen LogP contribution in [-0.2, 0) is 25.7 Å². The van der Waals surface area contributed by atoms with Crippen molar-refractivity contribution in [2.24, 2.45) is 5.73 Å². The smallest absolute Gasteiger partial charge is 0.244 e. The van der Waals surface area contributed by atoms with E-state index in [9.17, 15) is 19.5 Å². The Bertz CT molecular complexity index is 1060. The lowest BCUT2D eigenvalue weighted by molar-refractivity contribution is -0.130. The standard InChI is InChI=1S/C26H36N6O5.C3H8/c1-3-31(28-19-33)18-26(36)32(22-7-9-24(35)10-8-22)25(27)17-30(20(2)34)16-21-5-4-6-23(15-21)29-11-13-37-14-12-29;1-3-2/h4-10,15,19,25,35H,3,11-14,16-18,27H2,1-2H3,(H,28,33);3H2,1-2H3. The number of aromatic hydroxyl groups is 1. The van der Waals surface area contributed by atoms with Gasteiger partial charge in [-0.05, 0) is 42.0 Å². The number of benzene rings is 2. The van der Waals surface area contributed by atoms with Crippen LogP contribution in [-0.4, -0.2) is 85.3 Å². The van der Waals surface area contributed by atoms with Gasteiger partial charge in [0.25, 0.3) is 0 Å². The average Bonchev–Trinajstić information content (AvgIpc) is 2.94. The number of hydrogen-bond acceptors (Lipinski definition) is 8. The first-order valence-corrected chi connectivity index (χ1v) is 13.7. The van der Waals surface area contributed by atoms with Crippen LogP contribution in [0.3, 0.4) is 0 Å². The predicted molar refractivity (Wildman–Crippen MR) is 157 cm³/mol. The van der Waals surface area contributed by atoms with Gasteiger partial charge in [-0.3, -0.25) is 24.7 Å². The molecule has 2 aromatic rings. The van der Waals surface area contributed by atoms with Crippen LogP contribution < -0.4 is 21.0 Å². The maximum atomic E-state index is 13.3. The summed E-state index contributed by atoms with van der Waals surface area (Å²) in [6.45, 7) is 11.2. The second-order valence-electron chi connectivity index (χ2n) is 9.48. The maximum Gasteiger partial charge on any atom is 0.244 e. The van der Waals surface area contributed by atoms with Crippen molar-refractivity contribution in [1.29, 1.82) is 0 Å². The Morgan fingerprint density at radius 3 is 2.35 bits per heavy atom. The number of carbonyl (C=O) groups is 3. The number of phenolic OH excluding ortho intramolecular Hbond substituents is 1. The van der Waals surface area contributed by atoms with E-state index in [0.717, 1.165) is 24.3 Å². The van der Waals surface area contributed by atoms with Crippen LogP contribution in [0.15, 0.2) is 48.5 Å². The average molecular weight is 557 g/mol. The second-order valence-corrected chi connectivity index (χ2v) is 9.48. The van der Waals surface area contributed by atoms with Gasteiger partial charge in [0.2, 0.25) is 18.2 Å². The number of anilines is 2. The highest BCUT2D eigenvalue weighted by atomic mass is 16.5. The molecule has 1 aliphatic rings. The number of nitrogens with two attached hydrogens (primary N) is 1. The number of hydrazine groups is 1. The Hall–Kier alpha value is -3.67. The number of phenols is 1. The summed E-state index contributed by atoms with van der Waals surface area (Å²) < 4.78 is 5.44. The number of hydrogen-bond donors (Lipinski definition) is 3. The van der Waals surface area contributed by atoms with Gasteiger partial charge in [-0.25, -0.2) is 5.01 Å². The molecule has 0 radical (unpaired) electrons. The van der Waals surface area contributed by atoms with Crippen LogP contribution in [0.25, 0.3) is 0 Å². The van der Waals surface area contributed by atoms with Gasteiger partial charge in [-0.15, -0.1) is 0 Å². The van der Waals surface area contributed by atoms with Gasteiger partial charge in [0.1, 0.15) is 11.9 Å². The van der Waals surface area contributed by atoms with E-state index in [1.165, 1.54) is 35.4 Å². The van der Waals surface area contributed by atoms with Crippen molar-refractivity contribution in [2.75, 3.05) is 55.7 Å². The minimum Gasteiger partial charge on any atom is -0.508 e. The summed E-state index contributed by atoms with van der Waals surface area (Å²) in [5, 5.41) is 11.2. The normalized spacial score (nSPS) is 13.6. The van der Waals surface area contributed by atoms with Crippen LogP contribution in [0.4, 0.5) is 11.4 Å². The topological polar surface area (TPSA) is 132 Å². The van der Waals surface area contributed by atoms with Crippen LogP contribution >= 0.6 is 0 Å². The lowest BCUT2D eigenvalue weighted by atomic mass is 10.1. The largest absolute Gasteiger partial charge is 0.508 e. The van der Waals surface area contributed by atoms with Gasteiger partial charge >= 0.3 is 0 Å². The number of nitrogens with one attached hydrogen (secondary N) is 1. The maximum absolute atomic E-state index is 13.3. The molecule has 0 aliphatic carbocycles. The highest BCUT2D eigenvalue weighted by molar-refractivity contribution is 5.95. The van der Waals surface area contributed by atoms with Crippen molar-refractivity contribution >= 4 is 29.6 Å². The third-order valence-corrected chi connectivity index (χ3v) is 6.18. The number of morpholine rings is 1. The third-order valence-electron chi connectivity index (χ3n) is 6.18. The van der Waals surface area contributed by atoms with Crippen LogP contribution in [0.1, 0.15) is 39.7 Å². The quantitative estimate of drug-likeness (QED) is 0.206. The molecule has 1 fully saturated rings. The van der Waals surface area contributed by atoms with Crippen LogP contribution in [0, 0.1) is 0 Å². The number of carbonyl (C=O) groups excluding carboxylic acids is 3. The van der Waals surface area contributed by atoms with E-state index >= 15 is 0 Å². The van der Waals surface area contributed by atoms with E-state index in [4.69, 9.17) is 10.5 Å². The summed E-state index contributed by atoms with van der Waals surface area (Å²) in [7, 11) is 0. The van der Waals surface area contributed by atoms with Crippen molar-refractivity contribution < 1.29 is 24.2 Å². The van der Waals surface area contributed by atoms with Crippen molar-refractivity contribution in [2.45, 2.75) is 46.8 Å². The Morgan fingerprint density at radius 2 is 1.77 bits per heavy atom. The van der Waals surface area contributed by atoms with Crippen molar-refractivity contribution in [3.05, 3.63) is 54.1 Å². The van der Waals surface area contributed by atoms with Gasteiger partial charge in [0, 0.05) is 44.5 Å². The van der Waals surface area contributed by atoms with Gasteiger partial charge in [-0.2, -0.15) is 0 Å². The minimum absolute atomic E-state index is 0.0491. The van der Waals surface area contributed by atoms with E-state index in [-0.39, 0.29) is 30.7 Å². The molecule has 1 saturated heterocycles. The predicted octanol–water partition coefficient (Wildman–Crippen LogP) is 2.29. The fraction of sp³-hybridized carbons (Fsp3) is 0.483. The third kappa shape index (κ3) is 10.1. The monoisotopic (exact) mass is 556 g/mol. The molecule has 11 heteroatoms. The van der Waals surface area contributed by atoms with E-state index in [0.29, 0.717) is 38.4 Å². The van der Waals surface area contributed by atoms with Crippen LogP contribution in [0.5, 0.6) is 5.75 Å². The van der Waals surface area contributed by atoms with Crippen molar-refractivity contribution in [1.82, 2.24) is 15.3 Å². The fourth-order valence-electron chi connectivity index (χ4n) is 4.20. The zero-order chi connectivity index (χ0) is 29.5. The molecule has 1 aliphatic heterocycles. The molecule has 3 amide bonds. The Labute approximate surface area is 237 Å². The fourth-order valence-corrected chi connectivity index (χ4v) is 4.20. The first-order valence-electron chi connectivity index (χ1n) is 13.7. The molecule has 0 saturated carbocycles. The molecular formula is C29H44N6O5. The van der Waals surface area contributed by atoms with Crippen molar-refractivity contribution in [3.8, 4) is 5.75 Å². The number of amides is 3. The highest BCUT2D eigenvalue weighted by Gasteiger charge is 2.27. The molecule has 40 heavy (non-hydrogen) atoms. The number of rotatable bonds is 12.